The van der Waals surface area contributed by atoms with E-state index in [1.807, 2.05) is 0 Å². The highest BCUT2D eigenvalue weighted by atomic mass is 32.2. The molecule has 0 aliphatic heterocycles. The Balaban J connectivity index is 3.30. The van der Waals surface area contributed by atoms with Crippen LogP contribution in [0.2, 0.25) is 0 Å². The summed E-state index contributed by atoms with van der Waals surface area (Å²) in [5.41, 5.74) is -3.40. The first-order valence-electron chi connectivity index (χ1n) is 4.35. The smallest absolute Gasteiger partial charge is 0.285 e. The Bertz CT molecular complexity index is 496. The Morgan fingerprint density at radius 3 is 1.94 bits per heavy atom. The molecule has 0 fully saturated rings. The molecule has 104 valence electrons. The third-order valence-electron chi connectivity index (χ3n) is 2.19. The first kappa shape index (κ1) is 15.0. The van der Waals surface area contributed by atoms with Crippen molar-refractivity contribution in [2.45, 2.75) is 24.0 Å². The molecule has 1 aliphatic rings. The van der Waals surface area contributed by atoms with Crippen LogP contribution in [0.15, 0.2) is 23.3 Å². The molecule has 0 heterocycles. The largest absolute Gasteiger partial charge is 0.416 e. The van der Waals surface area contributed by atoms with Crippen LogP contribution in [0.1, 0.15) is 6.42 Å². The number of rotatable bonds is 1. The van der Waals surface area contributed by atoms with E-state index in [4.69, 9.17) is 4.55 Å². The minimum Gasteiger partial charge on any atom is -0.285 e. The fraction of sp³-hybridized carbons (Fsp3) is 0.500. The second-order valence-electron chi connectivity index (χ2n) is 3.54. The minimum atomic E-state index is -5.13. The number of hydrogen-bond acceptors (Lipinski definition) is 2. The summed E-state index contributed by atoms with van der Waals surface area (Å²) >= 11 is 0. The zero-order valence-electron chi connectivity index (χ0n) is 8.38. The maximum Gasteiger partial charge on any atom is 0.416 e. The van der Waals surface area contributed by atoms with E-state index in [-0.39, 0.29) is 12.2 Å². The normalized spacial score (nSPS) is 22.5. The first-order valence-corrected chi connectivity index (χ1v) is 5.85. The van der Waals surface area contributed by atoms with Crippen molar-refractivity contribution in [2.24, 2.45) is 0 Å². The van der Waals surface area contributed by atoms with Gasteiger partial charge in [0.05, 0.1) is 5.57 Å². The number of alkyl halides is 6. The predicted molar refractivity (Wildman–Crippen MR) is 48.2 cm³/mol. The van der Waals surface area contributed by atoms with Gasteiger partial charge in [0.1, 0.15) is 5.25 Å². The third kappa shape index (κ3) is 3.48. The summed E-state index contributed by atoms with van der Waals surface area (Å²) in [4.78, 5) is 0. The highest BCUT2D eigenvalue weighted by molar-refractivity contribution is 7.86. The van der Waals surface area contributed by atoms with Gasteiger partial charge >= 0.3 is 12.4 Å². The predicted octanol–water partition coefficient (Wildman–Crippen LogP) is 2.62. The zero-order valence-corrected chi connectivity index (χ0v) is 9.20. The fourth-order valence-electron chi connectivity index (χ4n) is 1.34. The summed E-state index contributed by atoms with van der Waals surface area (Å²) in [5, 5.41) is -2.25. The van der Waals surface area contributed by atoms with Gasteiger partial charge in [-0.2, -0.15) is 34.8 Å². The van der Waals surface area contributed by atoms with Crippen molar-refractivity contribution in [1.29, 1.82) is 0 Å². The summed E-state index contributed by atoms with van der Waals surface area (Å²) in [7, 11) is -5.03. The molecule has 1 rings (SSSR count). The van der Waals surface area contributed by atoms with E-state index < -0.39 is 45.3 Å². The molecular formula is C8H6F6O3S. The molecule has 1 unspecified atom stereocenters. The van der Waals surface area contributed by atoms with E-state index in [0.29, 0.717) is 0 Å². The van der Waals surface area contributed by atoms with Crippen LogP contribution in [0.3, 0.4) is 0 Å². The first-order chi connectivity index (χ1) is 7.82. The second-order valence-corrected chi connectivity index (χ2v) is 5.18. The van der Waals surface area contributed by atoms with E-state index in [2.05, 4.69) is 0 Å². The van der Waals surface area contributed by atoms with Gasteiger partial charge in [-0.1, -0.05) is 6.08 Å². The Hall–Kier alpha value is -1.03. The maximum absolute atomic E-state index is 12.3. The molecule has 0 aromatic heterocycles. The minimum absolute atomic E-state index is 0.0601. The molecule has 0 radical (unpaired) electrons. The molecular weight excluding hydrogens is 290 g/mol. The molecule has 1 aliphatic carbocycles. The number of allylic oxidation sites excluding steroid dienone is 3. The average molecular weight is 296 g/mol. The van der Waals surface area contributed by atoms with Gasteiger partial charge in [0.25, 0.3) is 10.1 Å². The molecule has 0 saturated heterocycles. The second kappa shape index (κ2) is 4.26. The van der Waals surface area contributed by atoms with E-state index >= 15 is 0 Å². The number of hydrogen-bond donors (Lipinski definition) is 1. The molecule has 18 heavy (non-hydrogen) atoms. The van der Waals surface area contributed by atoms with Crippen molar-refractivity contribution in [3.63, 3.8) is 0 Å². The quantitative estimate of drug-likeness (QED) is 0.598. The Morgan fingerprint density at radius 1 is 1.11 bits per heavy atom. The maximum atomic E-state index is 12.3. The summed E-state index contributed by atoms with van der Waals surface area (Å²) in [6.45, 7) is 0. The van der Waals surface area contributed by atoms with Gasteiger partial charge in [-0.05, 0) is 6.08 Å². The molecule has 0 bridgehead atoms. The molecule has 1 N–H and O–H groups in total. The monoisotopic (exact) mass is 296 g/mol. The van der Waals surface area contributed by atoms with E-state index in [1.165, 1.54) is 0 Å². The molecule has 10 heteroatoms. The van der Waals surface area contributed by atoms with E-state index in [1.54, 1.807) is 0 Å². The average Bonchev–Trinajstić information content (AvgIpc) is 2.13. The topological polar surface area (TPSA) is 54.4 Å². The lowest BCUT2D eigenvalue weighted by molar-refractivity contribution is -0.0985. The van der Waals surface area contributed by atoms with Crippen LogP contribution in [0.5, 0.6) is 0 Å². The molecule has 0 aromatic rings. The van der Waals surface area contributed by atoms with Gasteiger partial charge in [0, 0.05) is 12.0 Å². The third-order valence-corrected chi connectivity index (χ3v) is 3.26. The standard InChI is InChI=1S/C8H6F6O3S/c9-7(10,11)4-1-5(8(12,13)14)3-6(2-4)18(15,16)17/h1-2,6H,3H2,(H,15,16,17). The van der Waals surface area contributed by atoms with Crippen molar-refractivity contribution >= 4 is 10.1 Å². The van der Waals surface area contributed by atoms with Crippen molar-refractivity contribution < 1.29 is 39.3 Å². The summed E-state index contributed by atoms with van der Waals surface area (Å²) in [6.07, 6.45) is -11.6. The Morgan fingerprint density at radius 2 is 1.61 bits per heavy atom. The van der Waals surface area contributed by atoms with Crippen LogP contribution in [-0.2, 0) is 10.1 Å². The lowest BCUT2D eigenvalue weighted by Crippen LogP contribution is -2.29. The van der Waals surface area contributed by atoms with Gasteiger partial charge < -0.3 is 0 Å². The van der Waals surface area contributed by atoms with Gasteiger partial charge in [0.2, 0.25) is 0 Å². The van der Waals surface area contributed by atoms with E-state index in [0.717, 1.165) is 0 Å². The summed E-state index contributed by atoms with van der Waals surface area (Å²) in [6, 6.07) is 0. The van der Waals surface area contributed by atoms with Gasteiger partial charge in [0.15, 0.2) is 0 Å². The number of halogens is 6. The van der Waals surface area contributed by atoms with Gasteiger partial charge in [-0.15, -0.1) is 0 Å². The highest BCUT2D eigenvalue weighted by Crippen LogP contribution is 2.39. The van der Waals surface area contributed by atoms with Crippen LogP contribution in [0.4, 0.5) is 26.3 Å². The molecule has 0 aromatic carbocycles. The Kier molecular flexibility index (Phi) is 3.56. The zero-order chi connectivity index (χ0) is 14.4. The van der Waals surface area contributed by atoms with Crippen LogP contribution in [0, 0.1) is 0 Å². The lowest BCUT2D eigenvalue weighted by atomic mass is 9.98. The van der Waals surface area contributed by atoms with Crippen LogP contribution in [-0.4, -0.2) is 30.6 Å². The van der Waals surface area contributed by atoms with Crippen LogP contribution >= 0.6 is 0 Å². The highest BCUT2D eigenvalue weighted by Gasteiger charge is 2.44. The van der Waals surface area contributed by atoms with Crippen LogP contribution in [0.25, 0.3) is 0 Å². The summed E-state index contributed by atoms with van der Waals surface area (Å²) in [5.74, 6) is 0. The Labute approximate surface area is 97.5 Å². The summed E-state index contributed by atoms with van der Waals surface area (Å²) < 4.78 is 104. The molecule has 0 spiro atoms. The van der Waals surface area contributed by atoms with Crippen molar-refractivity contribution in [3.8, 4) is 0 Å². The lowest BCUT2D eigenvalue weighted by Gasteiger charge is -2.22. The molecule has 3 nitrogen and oxygen atoms in total. The van der Waals surface area contributed by atoms with Gasteiger partial charge in [-0.3, -0.25) is 4.55 Å². The van der Waals surface area contributed by atoms with Crippen molar-refractivity contribution in [3.05, 3.63) is 23.3 Å². The van der Waals surface area contributed by atoms with Crippen molar-refractivity contribution in [2.75, 3.05) is 0 Å². The SMILES string of the molecule is O=S(=O)(O)C1C=C(C(F)(F)F)C=C(C(F)(F)F)C1. The van der Waals surface area contributed by atoms with Gasteiger partial charge in [-0.25, -0.2) is 0 Å². The van der Waals surface area contributed by atoms with Crippen LogP contribution < -0.4 is 0 Å². The van der Waals surface area contributed by atoms with Crippen molar-refractivity contribution in [1.82, 2.24) is 0 Å². The van der Waals surface area contributed by atoms with E-state index in [9.17, 15) is 34.8 Å². The fourth-order valence-corrected chi connectivity index (χ4v) is 2.04. The molecule has 0 amide bonds. The molecule has 0 saturated carbocycles. The molecule has 1 atom stereocenters.